The third kappa shape index (κ3) is 5.26. The van der Waals surface area contributed by atoms with Gasteiger partial charge in [0.1, 0.15) is 18.1 Å². The van der Waals surface area contributed by atoms with E-state index in [-0.39, 0.29) is 25.0 Å². The SMILES string of the molecule is C=CCN1C(=O)C(C)(C)COc2ccc(NC(=O)COc3ccc(C(C)C)cc3)cc21. The van der Waals surface area contributed by atoms with Crippen LogP contribution >= 0.6 is 0 Å². The molecule has 0 spiro atoms. The van der Waals surface area contributed by atoms with Crippen LogP contribution in [0.15, 0.2) is 55.1 Å². The lowest BCUT2D eigenvalue weighted by atomic mass is 9.93. The summed E-state index contributed by atoms with van der Waals surface area (Å²) in [7, 11) is 0. The van der Waals surface area contributed by atoms with Gasteiger partial charge in [0.15, 0.2) is 6.61 Å². The van der Waals surface area contributed by atoms with Crippen LogP contribution in [0, 0.1) is 5.41 Å². The molecule has 6 heteroatoms. The molecule has 164 valence electrons. The number of carbonyl (C=O) groups is 2. The second-order valence-electron chi connectivity index (χ2n) is 8.62. The molecule has 0 aromatic heterocycles. The molecule has 0 atom stereocenters. The Labute approximate surface area is 183 Å². The molecule has 1 aliphatic heterocycles. The highest BCUT2D eigenvalue weighted by Gasteiger charge is 2.37. The molecule has 0 saturated carbocycles. The Bertz CT molecular complexity index is 964. The maximum Gasteiger partial charge on any atom is 0.262 e. The minimum atomic E-state index is -0.662. The number of benzene rings is 2. The number of nitrogens with one attached hydrogen (secondary N) is 1. The van der Waals surface area contributed by atoms with E-state index < -0.39 is 5.41 Å². The Balaban J connectivity index is 1.70. The van der Waals surface area contributed by atoms with Crippen LogP contribution in [-0.2, 0) is 9.59 Å². The molecule has 0 bridgehead atoms. The molecule has 0 saturated heterocycles. The average molecular weight is 423 g/mol. The minimum Gasteiger partial charge on any atom is -0.490 e. The summed E-state index contributed by atoms with van der Waals surface area (Å²) in [4.78, 5) is 27.0. The van der Waals surface area contributed by atoms with Crippen molar-refractivity contribution in [2.45, 2.75) is 33.6 Å². The molecule has 0 fully saturated rings. The van der Waals surface area contributed by atoms with Crippen LogP contribution in [0.3, 0.4) is 0 Å². The van der Waals surface area contributed by atoms with Crippen molar-refractivity contribution in [3.63, 3.8) is 0 Å². The van der Waals surface area contributed by atoms with Crippen LogP contribution in [0.1, 0.15) is 39.2 Å². The molecule has 1 N–H and O–H groups in total. The summed E-state index contributed by atoms with van der Waals surface area (Å²) in [5.41, 5.74) is 1.72. The Morgan fingerprint density at radius 1 is 1.26 bits per heavy atom. The van der Waals surface area contributed by atoms with Crippen molar-refractivity contribution in [1.29, 1.82) is 0 Å². The van der Waals surface area contributed by atoms with Gasteiger partial charge in [-0.05, 0) is 55.7 Å². The van der Waals surface area contributed by atoms with Crippen molar-refractivity contribution in [3.8, 4) is 11.5 Å². The first-order valence-corrected chi connectivity index (χ1v) is 10.4. The molecule has 6 nitrogen and oxygen atoms in total. The van der Waals surface area contributed by atoms with Gasteiger partial charge in [0.05, 0.1) is 11.1 Å². The molecule has 2 aromatic carbocycles. The van der Waals surface area contributed by atoms with Gasteiger partial charge >= 0.3 is 0 Å². The highest BCUT2D eigenvalue weighted by Crippen LogP contribution is 2.38. The van der Waals surface area contributed by atoms with Crippen LogP contribution in [0.25, 0.3) is 0 Å². The summed E-state index contributed by atoms with van der Waals surface area (Å²) in [5.74, 6) is 1.33. The molecule has 2 aromatic rings. The maximum absolute atomic E-state index is 13.0. The van der Waals surface area contributed by atoms with Crippen LogP contribution in [0.2, 0.25) is 0 Å². The molecule has 3 rings (SSSR count). The van der Waals surface area contributed by atoms with Gasteiger partial charge in [-0.25, -0.2) is 0 Å². The zero-order valence-corrected chi connectivity index (χ0v) is 18.6. The van der Waals surface area contributed by atoms with Crippen LogP contribution in [-0.4, -0.2) is 31.6 Å². The van der Waals surface area contributed by atoms with Crippen molar-refractivity contribution in [3.05, 3.63) is 60.7 Å². The summed E-state index contributed by atoms with van der Waals surface area (Å²) >= 11 is 0. The zero-order valence-electron chi connectivity index (χ0n) is 18.6. The van der Waals surface area contributed by atoms with Crippen LogP contribution in [0.4, 0.5) is 11.4 Å². The number of carbonyl (C=O) groups excluding carboxylic acids is 2. The van der Waals surface area contributed by atoms with Gasteiger partial charge in [-0.2, -0.15) is 0 Å². The lowest BCUT2D eigenvalue weighted by Crippen LogP contribution is -2.42. The Hall–Kier alpha value is -3.28. The van der Waals surface area contributed by atoms with E-state index in [9.17, 15) is 9.59 Å². The largest absolute Gasteiger partial charge is 0.490 e. The number of anilines is 2. The monoisotopic (exact) mass is 422 g/mol. The molecule has 2 amide bonds. The fourth-order valence-corrected chi connectivity index (χ4v) is 3.33. The summed E-state index contributed by atoms with van der Waals surface area (Å²) < 4.78 is 11.5. The summed E-state index contributed by atoms with van der Waals surface area (Å²) in [6.07, 6.45) is 1.67. The number of hydrogen-bond donors (Lipinski definition) is 1. The highest BCUT2D eigenvalue weighted by atomic mass is 16.5. The highest BCUT2D eigenvalue weighted by molar-refractivity contribution is 6.01. The Kier molecular flexibility index (Phi) is 6.68. The maximum atomic E-state index is 13.0. The van der Waals surface area contributed by atoms with Gasteiger partial charge in [-0.1, -0.05) is 32.1 Å². The molecule has 1 aliphatic rings. The van der Waals surface area contributed by atoms with Gasteiger partial charge in [0.2, 0.25) is 5.91 Å². The van der Waals surface area contributed by atoms with Crippen molar-refractivity contribution >= 4 is 23.2 Å². The quantitative estimate of drug-likeness (QED) is 0.653. The second-order valence-corrected chi connectivity index (χ2v) is 8.62. The lowest BCUT2D eigenvalue weighted by molar-refractivity contribution is -0.127. The van der Waals surface area contributed by atoms with Gasteiger partial charge in [0.25, 0.3) is 5.91 Å². The van der Waals surface area contributed by atoms with Crippen molar-refractivity contribution in [1.82, 2.24) is 0 Å². The van der Waals surface area contributed by atoms with E-state index in [2.05, 4.69) is 25.7 Å². The Morgan fingerprint density at radius 2 is 1.97 bits per heavy atom. The van der Waals surface area contributed by atoms with Crippen LogP contribution < -0.4 is 19.7 Å². The molecule has 1 heterocycles. The third-order valence-corrected chi connectivity index (χ3v) is 5.17. The number of hydrogen-bond acceptors (Lipinski definition) is 4. The van der Waals surface area contributed by atoms with Crippen molar-refractivity contribution < 1.29 is 19.1 Å². The number of nitrogens with zero attached hydrogens (tertiary/aromatic N) is 1. The molecule has 0 aliphatic carbocycles. The number of amides is 2. The second kappa shape index (κ2) is 9.25. The fourth-order valence-electron chi connectivity index (χ4n) is 3.33. The fraction of sp³-hybridized carbons (Fsp3) is 0.360. The topological polar surface area (TPSA) is 67.9 Å². The van der Waals surface area contributed by atoms with E-state index in [0.29, 0.717) is 35.3 Å². The molecular formula is C25H30N2O4. The van der Waals surface area contributed by atoms with Crippen molar-refractivity contribution in [2.75, 3.05) is 30.0 Å². The Morgan fingerprint density at radius 3 is 2.61 bits per heavy atom. The minimum absolute atomic E-state index is 0.0530. The first-order valence-electron chi connectivity index (χ1n) is 10.4. The van der Waals surface area contributed by atoms with Crippen molar-refractivity contribution in [2.24, 2.45) is 5.41 Å². The van der Waals surface area contributed by atoms with E-state index in [1.54, 1.807) is 29.2 Å². The number of fused-ring (bicyclic) bond motifs is 1. The summed E-state index contributed by atoms with van der Waals surface area (Å²) in [5, 5.41) is 2.83. The molecule has 0 unspecified atom stereocenters. The van der Waals surface area contributed by atoms with E-state index in [1.165, 1.54) is 5.56 Å². The normalized spacial score (nSPS) is 15.0. The van der Waals surface area contributed by atoms with E-state index in [4.69, 9.17) is 9.47 Å². The van der Waals surface area contributed by atoms with Gasteiger partial charge in [-0.15, -0.1) is 6.58 Å². The van der Waals surface area contributed by atoms with Crippen LogP contribution in [0.5, 0.6) is 11.5 Å². The average Bonchev–Trinajstić information content (AvgIpc) is 2.83. The predicted octanol–water partition coefficient (Wildman–Crippen LogP) is 4.77. The standard InChI is InChI=1S/C25H30N2O4/c1-6-13-27-21-14-19(9-12-22(21)31-16-25(4,5)24(27)29)26-23(28)15-30-20-10-7-18(8-11-20)17(2)3/h6-12,14,17H,1,13,15-16H2,2-5H3,(H,26,28). The van der Waals surface area contributed by atoms with E-state index >= 15 is 0 Å². The predicted molar refractivity (Wildman–Crippen MR) is 123 cm³/mol. The lowest BCUT2D eigenvalue weighted by Gasteiger charge is -2.27. The zero-order chi connectivity index (χ0) is 22.6. The van der Waals surface area contributed by atoms with Gasteiger partial charge in [0, 0.05) is 12.2 Å². The first-order chi connectivity index (χ1) is 14.7. The number of rotatable bonds is 7. The smallest absolute Gasteiger partial charge is 0.262 e. The molecule has 31 heavy (non-hydrogen) atoms. The summed E-state index contributed by atoms with van der Waals surface area (Å²) in [6.45, 7) is 12.2. The van der Waals surface area contributed by atoms with Gasteiger partial charge < -0.3 is 19.7 Å². The summed E-state index contributed by atoms with van der Waals surface area (Å²) in [6, 6.07) is 13.0. The van der Waals surface area contributed by atoms with Gasteiger partial charge in [-0.3, -0.25) is 9.59 Å². The molecular weight excluding hydrogens is 392 g/mol. The molecule has 0 radical (unpaired) electrons. The van der Waals surface area contributed by atoms with E-state index in [1.807, 2.05) is 38.1 Å². The van der Waals surface area contributed by atoms with E-state index in [0.717, 1.165) is 0 Å². The third-order valence-electron chi connectivity index (χ3n) is 5.17. The number of ether oxygens (including phenoxy) is 2. The first kappa shape index (κ1) is 22.4.